The van der Waals surface area contributed by atoms with Gasteiger partial charge in [0.2, 0.25) is 0 Å². The first-order valence-electron chi connectivity index (χ1n) is 8.33. The summed E-state index contributed by atoms with van der Waals surface area (Å²) in [7, 11) is 0. The minimum atomic E-state index is 0.0453. The maximum atomic E-state index is 11.8. The van der Waals surface area contributed by atoms with Gasteiger partial charge in [-0.05, 0) is 44.7 Å². The molecule has 2 fully saturated rings. The van der Waals surface area contributed by atoms with Crippen molar-refractivity contribution in [3.63, 3.8) is 0 Å². The third-order valence-electron chi connectivity index (χ3n) is 4.72. The molecule has 0 spiro atoms. The van der Waals surface area contributed by atoms with Gasteiger partial charge in [0.25, 0.3) is 5.56 Å². The van der Waals surface area contributed by atoms with Gasteiger partial charge in [0.15, 0.2) is 0 Å². The van der Waals surface area contributed by atoms with E-state index in [1.54, 1.807) is 28.4 Å². The van der Waals surface area contributed by atoms with Crippen LogP contribution < -0.4 is 5.56 Å². The van der Waals surface area contributed by atoms with Gasteiger partial charge in [-0.25, -0.2) is 4.98 Å². The molecule has 1 aliphatic heterocycles. The number of nitrogens with zero attached hydrogens (tertiary/aromatic N) is 5. The second-order valence-corrected chi connectivity index (χ2v) is 7.69. The maximum absolute atomic E-state index is 11.8. The molecule has 2 aromatic rings. The molecule has 1 aliphatic carbocycles. The number of piperidine rings is 1. The van der Waals surface area contributed by atoms with E-state index in [0.29, 0.717) is 11.8 Å². The molecule has 0 aromatic carbocycles. The Balaban J connectivity index is 1.28. The zero-order valence-corrected chi connectivity index (χ0v) is 13.9. The second kappa shape index (κ2) is 6.49. The van der Waals surface area contributed by atoms with E-state index in [-0.39, 0.29) is 5.56 Å². The van der Waals surface area contributed by atoms with Crippen molar-refractivity contribution in [1.29, 1.82) is 0 Å². The highest BCUT2D eigenvalue weighted by molar-refractivity contribution is 7.11. The fourth-order valence-electron chi connectivity index (χ4n) is 3.14. The molecule has 122 valence electrons. The average Bonchev–Trinajstić information content (AvgIpc) is 3.32. The summed E-state index contributed by atoms with van der Waals surface area (Å²) in [5, 5.41) is 11.0. The zero-order valence-electron chi connectivity index (χ0n) is 13.1. The minimum absolute atomic E-state index is 0.0453. The molecule has 6 nitrogen and oxygen atoms in total. The summed E-state index contributed by atoms with van der Waals surface area (Å²) in [6.07, 6.45) is 8.02. The van der Waals surface area contributed by atoms with Crippen molar-refractivity contribution in [3.8, 4) is 0 Å². The van der Waals surface area contributed by atoms with Crippen LogP contribution in [0.25, 0.3) is 0 Å². The van der Waals surface area contributed by atoms with Crippen LogP contribution in [-0.4, -0.2) is 37.7 Å². The summed E-state index contributed by atoms with van der Waals surface area (Å²) < 4.78 is 1.73. The van der Waals surface area contributed by atoms with Crippen LogP contribution in [0.2, 0.25) is 0 Å². The molecule has 1 saturated heterocycles. The van der Waals surface area contributed by atoms with Gasteiger partial charge >= 0.3 is 0 Å². The third-order valence-corrected chi connectivity index (χ3v) is 5.79. The Bertz CT molecular complexity index is 715. The first-order valence-corrected chi connectivity index (χ1v) is 9.14. The molecular weight excluding hydrogens is 310 g/mol. The number of hydrogen-bond donors (Lipinski definition) is 0. The van der Waals surface area contributed by atoms with Crippen molar-refractivity contribution >= 4 is 11.3 Å². The number of hydrogen-bond acceptors (Lipinski definition) is 6. The highest BCUT2D eigenvalue weighted by Gasteiger charge is 2.28. The lowest BCUT2D eigenvalue weighted by molar-refractivity contribution is 0.166. The summed E-state index contributed by atoms with van der Waals surface area (Å²) in [4.78, 5) is 18.3. The van der Waals surface area contributed by atoms with Crippen LogP contribution >= 0.6 is 11.3 Å². The molecular formula is C16H21N5OS. The molecule has 3 heterocycles. The van der Waals surface area contributed by atoms with E-state index in [1.807, 2.05) is 0 Å². The topological polar surface area (TPSA) is 63.9 Å². The van der Waals surface area contributed by atoms with Gasteiger partial charge in [-0.1, -0.05) is 11.3 Å². The normalized spacial score (nSPS) is 20.0. The van der Waals surface area contributed by atoms with E-state index in [9.17, 15) is 4.79 Å². The van der Waals surface area contributed by atoms with Crippen LogP contribution in [0, 0.1) is 5.92 Å². The van der Waals surface area contributed by atoms with Crippen LogP contribution in [0.5, 0.6) is 0 Å². The lowest BCUT2D eigenvalue weighted by Gasteiger charge is -2.31. The Hall–Kier alpha value is -1.60. The average molecular weight is 331 g/mol. The van der Waals surface area contributed by atoms with Crippen LogP contribution in [0.1, 0.15) is 41.6 Å². The minimum Gasteiger partial charge on any atom is -0.299 e. The largest absolute Gasteiger partial charge is 0.299 e. The molecule has 1 saturated carbocycles. The van der Waals surface area contributed by atoms with Crippen molar-refractivity contribution in [2.24, 2.45) is 5.92 Å². The first kappa shape index (κ1) is 15.0. The van der Waals surface area contributed by atoms with E-state index in [2.05, 4.69) is 20.1 Å². The molecule has 0 N–H and O–H groups in total. The molecule has 0 amide bonds. The van der Waals surface area contributed by atoms with Gasteiger partial charge in [0, 0.05) is 24.7 Å². The Morgan fingerprint density at radius 3 is 2.74 bits per heavy atom. The van der Waals surface area contributed by atoms with Gasteiger partial charge in [-0.15, -0.1) is 10.2 Å². The molecule has 2 aromatic heterocycles. The summed E-state index contributed by atoms with van der Waals surface area (Å²) in [6.45, 7) is 3.84. The molecule has 23 heavy (non-hydrogen) atoms. The predicted octanol–water partition coefficient (Wildman–Crippen LogP) is 1.88. The van der Waals surface area contributed by atoms with Crippen LogP contribution in [-0.2, 0) is 13.1 Å². The summed E-state index contributed by atoms with van der Waals surface area (Å²) in [5.74, 6) is 1.26. The predicted molar refractivity (Wildman–Crippen MR) is 88.4 cm³/mol. The molecule has 0 unspecified atom stereocenters. The number of aromatic nitrogens is 4. The third kappa shape index (κ3) is 3.67. The summed E-state index contributed by atoms with van der Waals surface area (Å²) in [6, 6.07) is 1.53. The van der Waals surface area contributed by atoms with Crippen molar-refractivity contribution in [2.45, 2.75) is 44.7 Å². The van der Waals surface area contributed by atoms with Crippen LogP contribution in [0.3, 0.4) is 0 Å². The summed E-state index contributed by atoms with van der Waals surface area (Å²) >= 11 is 1.78. The van der Waals surface area contributed by atoms with E-state index in [0.717, 1.165) is 44.0 Å². The van der Waals surface area contributed by atoms with Gasteiger partial charge in [0.1, 0.15) is 10.0 Å². The van der Waals surface area contributed by atoms with E-state index in [1.165, 1.54) is 23.9 Å². The standard InChI is InChI=1S/C16H21N5OS/c22-15-3-6-17-11-21(15)9-12-4-7-20(8-5-12)10-14-18-19-16(23-14)13-1-2-13/h3,6,11-13H,1-2,4-5,7-10H2. The molecule has 0 atom stereocenters. The van der Waals surface area contributed by atoms with Gasteiger partial charge in [-0.3, -0.25) is 14.3 Å². The smallest absolute Gasteiger partial charge is 0.253 e. The van der Waals surface area contributed by atoms with E-state index in [4.69, 9.17) is 0 Å². The highest BCUT2D eigenvalue weighted by atomic mass is 32.1. The summed E-state index contributed by atoms with van der Waals surface area (Å²) in [5.41, 5.74) is 0.0453. The monoisotopic (exact) mass is 331 g/mol. The van der Waals surface area contributed by atoms with Gasteiger partial charge in [0.05, 0.1) is 12.9 Å². The Morgan fingerprint density at radius 2 is 2.00 bits per heavy atom. The van der Waals surface area contributed by atoms with Crippen molar-refractivity contribution in [1.82, 2.24) is 24.6 Å². The van der Waals surface area contributed by atoms with Crippen molar-refractivity contribution in [3.05, 3.63) is 39.0 Å². The number of likely N-dealkylation sites (tertiary alicyclic amines) is 1. The lowest BCUT2D eigenvalue weighted by Crippen LogP contribution is -2.35. The fourth-order valence-corrected chi connectivity index (χ4v) is 4.19. The zero-order chi connectivity index (χ0) is 15.6. The molecule has 4 rings (SSSR count). The SMILES string of the molecule is O=c1ccncn1CC1CCN(Cc2nnc(C3CC3)s2)CC1. The van der Waals surface area contributed by atoms with Crippen LogP contribution in [0.4, 0.5) is 0 Å². The van der Waals surface area contributed by atoms with Gasteiger partial charge < -0.3 is 0 Å². The Morgan fingerprint density at radius 1 is 1.17 bits per heavy atom. The number of rotatable bonds is 5. The van der Waals surface area contributed by atoms with Crippen LogP contribution in [0.15, 0.2) is 23.4 Å². The first-order chi connectivity index (χ1) is 11.3. The van der Waals surface area contributed by atoms with Gasteiger partial charge in [-0.2, -0.15) is 0 Å². The molecule has 2 aliphatic rings. The van der Waals surface area contributed by atoms with Crippen molar-refractivity contribution in [2.75, 3.05) is 13.1 Å². The highest BCUT2D eigenvalue weighted by Crippen LogP contribution is 2.41. The fraction of sp³-hybridized carbons (Fsp3) is 0.625. The maximum Gasteiger partial charge on any atom is 0.253 e. The van der Waals surface area contributed by atoms with E-state index >= 15 is 0 Å². The Labute approximate surface area is 139 Å². The molecule has 7 heteroatoms. The second-order valence-electron chi connectivity index (χ2n) is 6.60. The lowest BCUT2D eigenvalue weighted by atomic mass is 9.97. The Kier molecular flexibility index (Phi) is 4.22. The van der Waals surface area contributed by atoms with Crippen molar-refractivity contribution < 1.29 is 0 Å². The quantitative estimate of drug-likeness (QED) is 0.837. The molecule has 0 radical (unpaired) electrons. The van der Waals surface area contributed by atoms with E-state index < -0.39 is 0 Å². The molecule has 0 bridgehead atoms.